The average Bonchev–Trinajstić information content (AvgIpc) is 2.91. The van der Waals surface area contributed by atoms with Crippen LogP contribution in [-0.2, 0) is 26.2 Å². The molecule has 0 aliphatic rings. The molecule has 0 bridgehead atoms. The van der Waals surface area contributed by atoms with Gasteiger partial charge >= 0.3 is 0 Å². The van der Waals surface area contributed by atoms with Gasteiger partial charge in [0.1, 0.15) is 12.6 Å². The summed E-state index contributed by atoms with van der Waals surface area (Å²) in [7, 11) is -4.16. The van der Waals surface area contributed by atoms with Crippen LogP contribution >= 0.6 is 23.2 Å². The topological polar surface area (TPSA) is 86.8 Å². The second-order valence-corrected chi connectivity index (χ2v) is 12.1. The summed E-state index contributed by atoms with van der Waals surface area (Å²) in [5, 5.41) is 3.72. The third-order valence-corrected chi connectivity index (χ3v) is 8.70. The van der Waals surface area contributed by atoms with Crippen LogP contribution in [0.3, 0.4) is 0 Å². The highest BCUT2D eigenvalue weighted by Gasteiger charge is 2.33. The molecule has 1 N–H and O–H groups in total. The van der Waals surface area contributed by atoms with Crippen molar-refractivity contribution in [1.29, 1.82) is 0 Å². The van der Waals surface area contributed by atoms with Gasteiger partial charge in [0.15, 0.2) is 0 Å². The predicted molar refractivity (Wildman–Crippen MR) is 157 cm³/mol. The Bertz CT molecular complexity index is 1420. The van der Waals surface area contributed by atoms with Crippen molar-refractivity contribution >= 4 is 50.7 Å². The van der Waals surface area contributed by atoms with Gasteiger partial charge in [-0.2, -0.15) is 0 Å². The molecule has 0 aliphatic heterocycles. The fraction of sp³-hybridized carbons (Fsp3) is 0.310. The molecule has 0 aromatic heterocycles. The molecular weight excluding hydrogens is 557 g/mol. The number of hydrogen-bond donors (Lipinski definition) is 1. The average molecular weight is 591 g/mol. The van der Waals surface area contributed by atoms with Gasteiger partial charge < -0.3 is 10.2 Å². The van der Waals surface area contributed by atoms with Crippen molar-refractivity contribution in [2.24, 2.45) is 0 Å². The smallest absolute Gasteiger partial charge is 0.264 e. The standard InChI is InChI=1S/C29H33Cl2N3O4S/c1-5-21(3)32-29(36)22(4)33(18-23-10-9-11-24(30)16-23)28(35)19-34(27-17-25(31)15-14-20(27)2)39(37,38)26-12-7-6-8-13-26/h6-17,21-22H,5,18-19H2,1-4H3,(H,32,36)/t21-,22+/m0/s1. The van der Waals surface area contributed by atoms with E-state index in [4.69, 9.17) is 23.2 Å². The lowest BCUT2D eigenvalue weighted by Crippen LogP contribution is -2.52. The number of anilines is 1. The molecule has 208 valence electrons. The van der Waals surface area contributed by atoms with Crippen LogP contribution < -0.4 is 9.62 Å². The molecule has 2 amide bonds. The number of carbonyl (C=O) groups excluding carboxylic acids is 2. The van der Waals surface area contributed by atoms with Gasteiger partial charge in [-0.05, 0) is 74.7 Å². The van der Waals surface area contributed by atoms with E-state index in [-0.39, 0.29) is 29.1 Å². The van der Waals surface area contributed by atoms with Gasteiger partial charge in [0, 0.05) is 22.6 Å². The highest BCUT2D eigenvalue weighted by Crippen LogP contribution is 2.30. The Hall–Kier alpha value is -3.07. The van der Waals surface area contributed by atoms with E-state index in [1.807, 2.05) is 13.8 Å². The molecule has 0 spiro atoms. The van der Waals surface area contributed by atoms with Gasteiger partial charge in [-0.25, -0.2) is 8.42 Å². The second kappa shape index (κ2) is 13.3. The molecule has 3 aromatic rings. The highest BCUT2D eigenvalue weighted by atomic mass is 35.5. The van der Waals surface area contributed by atoms with Crippen molar-refractivity contribution in [1.82, 2.24) is 10.2 Å². The molecule has 0 saturated heterocycles. The fourth-order valence-electron chi connectivity index (χ4n) is 3.96. The van der Waals surface area contributed by atoms with Crippen molar-refractivity contribution in [2.45, 2.75) is 57.6 Å². The molecule has 2 atom stereocenters. The number of nitrogens with one attached hydrogen (secondary N) is 1. The van der Waals surface area contributed by atoms with Crippen molar-refractivity contribution in [2.75, 3.05) is 10.8 Å². The summed E-state index contributed by atoms with van der Waals surface area (Å²) in [6.45, 7) is 6.71. The number of rotatable bonds is 11. The fourth-order valence-corrected chi connectivity index (χ4v) is 5.84. The SMILES string of the molecule is CC[C@H](C)NC(=O)[C@@H](C)N(Cc1cccc(Cl)c1)C(=O)CN(c1cc(Cl)ccc1C)S(=O)(=O)c1ccccc1. The van der Waals surface area contributed by atoms with E-state index >= 15 is 0 Å². The second-order valence-electron chi connectivity index (χ2n) is 9.40. The third kappa shape index (κ3) is 7.75. The van der Waals surface area contributed by atoms with Crippen LogP contribution in [0.25, 0.3) is 0 Å². The molecule has 0 saturated carbocycles. The minimum absolute atomic E-state index is 0.0288. The first-order valence-electron chi connectivity index (χ1n) is 12.6. The highest BCUT2D eigenvalue weighted by molar-refractivity contribution is 7.92. The molecule has 0 fully saturated rings. The Morgan fingerprint density at radius 1 is 0.923 bits per heavy atom. The molecule has 0 radical (unpaired) electrons. The van der Waals surface area contributed by atoms with Gasteiger partial charge in [0.25, 0.3) is 10.0 Å². The Morgan fingerprint density at radius 2 is 1.59 bits per heavy atom. The molecule has 3 rings (SSSR count). The van der Waals surface area contributed by atoms with E-state index in [2.05, 4.69) is 5.32 Å². The van der Waals surface area contributed by atoms with Crippen LogP contribution in [0.2, 0.25) is 10.0 Å². The first-order valence-corrected chi connectivity index (χ1v) is 14.8. The molecule has 7 nitrogen and oxygen atoms in total. The molecule has 0 aliphatic carbocycles. The van der Waals surface area contributed by atoms with Gasteiger partial charge in [0.05, 0.1) is 10.6 Å². The van der Waals surface area contributed by atoms with Crippen LogP contribution in [0.4, 0.5) is 5.69 Å². The van der Waals surface area contributed by atoms with Gasteiger partial charge in [-0.1, -0.05) is 66.5 Å². The minimum Gasteiger partial charge on any atom is -0.352 e. The van der Waals surface area contributed by atoms with Gasteiger partial charge in [-0.3, -0.25) is 13.9 Å². The minimum atomic E-state index is -4.16. The molecular formula is C29H33Cl2N3O4S. The lowest BCUT2D eigenvalue weighted by atomic mass is 10.1. The summed E-state index contributed by atoms with van der Waals surface area (Å²) in [6, 6.07) is 18.8. The van der Waals surface area contributed by atoms with E-state index in [0.717, 1.165) is 10.7 Å². The zero-order valence-electron chi connectivity index (χ0n) is 22.4. The molecule has 10 heteroatoms. The normalized spacial score (nSPS) is 12.9. The van der Waals surface area contributed by atoms with Crippen LogP contribution in [-0.4, -0.2) is 43.8 Å². The van der Waals surface area contributed by atoms with Crippen molar-refractivity contribution in [3.8, 4) is 0 Å². The summed E-state index contributed by atoms with van der Waals surface area (Å²) in [4.78, 5) is 28.5. The van der Waals surface area contributed by atoms with E-state index in [1.54, 1.807) is 68.4 Å². The number of amides is 2. The summed E-state index contributed by atoms with van der Waals surface area (Å²) in [5.74, 6) is -0.892. The van der Waals surface area contributed by atoms with Gasteiger partial charge in [-0.15, -0.1) is 0 Å². The van der Waals surface area contributed by atoms with E-state index < -0.39 is 28.5 Å². The summed E-state index contributed by atoms with van der Waals surface area (Å²) in [5.41, 5.74) is 1.60. The number of carbonyl (C=O) groups is 2. The lowest BCUT2D eigenvalue weighted by Gasteiger charge is -2.33. The molecule has 0 unspecified atom stereocenters. The maximum atomic E-state index is 14.0. The maximum absolute atomic E-state index is 14.0. The van der Waals surface area contributed by atoms with Crippen LogP contribution in [0, 0.1) is 6.92 Å². The molecule has 39 heavy (non-hydrogen) atoms. The van der Waals surface area contributed by atoms with E-state index in [1.165, 1.54) is 23.1 Å². The quantitative estimate of drug-likeness (QED) is 0.305. The predicted octanol–water partition coefficient (Wildman–Crippen LogP) is 5.83. The number of halogens is 2. The van der Waals surface area contributed by atoms with E-state index in [9.17, 15) is 18.0 Å². The van der Waals surface area contributed by atoms with E-state index in [0.29, 0.717) is 21.2 Å². The number of sulfonamides is 1. The van der Waals surface area contributed by atoms with Crippen LogP contribution in [0.5, 0.6) is 0 Å². The lowest BCUT2D eigenvalue weighted by molar-refractivity contribution is -0.139. The summed E-state index contributed by atoms with van der Waals surface area (Å²) < 4.78 is 28.8. The number of nitrogens with zero attached hydrogens (tertiary/aromatic N) is 2. The third-order valence-electron chi connectivity index (χ3n) is 6.46. The van der Waals surface area contributed by atoms with Gasteiger partial charge in [0.2, 0.25) is 11.8 Å². The van der Waals surface area contributed by atoms with Crippen molar-refractivity contribution in [3.05, 3.63) is 94.0 Å². The van der Waals surface area contributed by atoms with Crippen LogP contribution in [0.1, 0.15) is 38.3 Å². The molecule has 3 aromatic carbocycles. The summed E-state index contributed by atoms with van der Waals surface area (Å²) >= 11 is 12.4. The zero-order chi connectivity index (χ0) is 28.7. The summed E-state index contributed by atoms with van der Waals surface area (Å²) in [6.07, 6.45) is 0.720. The Balaban J connectivity index is 2.06. The number of benzene rings is 3. The number of aryl methyl sites for hydroxylation is 1. The zero-order valence-corrected chi connectivity index (χ0v) is 24.7. The van der Waals surface area contributed by atoms with Crippen LogP contribution in [0.15, 0.2) is 77.7 Å². The first kappa shape index (κ1) is 30.5. The first-order chi connectivity index (χ1) is 18.4. The molecule has 0 heterocycles. The largest absolute Gasteiger partial charge is 0.352 e. The Labute approximate surface area is 240 Å². The number of hydrogen-bond acceptors (Lipinski definition) is 4. The van der Waals surface area contributed by atoms with Crippen molar-refractivity contribution < 1.29 is 18.0 Å². The maximum Gasteiger partial charge on any atom is 0.264 e. The van der Waals surface area contributed by atoms with Crippen molar-refractivity contribution in [3.63, 3.8) is 0 Å². The Kier molecular flexibility index (Phi) is 10.4. The monoisotopic (exact) mass is 589 g/mol. The Morgan fingerprint density at radius 3 is 2.23 bits per heavy atom.